The molecule has 0 radical (unpaired) electrons. The normalized spacial score (nSPS) is 20.8. The van der Waals surface area contributed by atoms with Gasteiger partial charge in [0.2, 0.25) is 15.9 Å². The Morgan fingerprint density at radius 2 is 1.95 bits per heavy atom. The van der Waals surface area contributed by atoms with Gasteiger partial charge in [0.15, 0.2) is 4.90 Å². The molecule has 0 spiro atoms. The standard InChI is InChI=1S/C11H13F2N3O3S/c12-7-2-1-3-8(13)10(7)20(18,19)16-5-4-15-6-9(16)11(14)17/h1-3,9,15H,4-6H2,(H2,14,17). The van der Waals surface area contributed by atoms with Crippen molar-refractivity contribution in [3.05, 3.63) is 29.8 Å². The molecule has 1 fully saturated rings. The highest BCUT2D eigenvalue weighted by Crippen LogP contribution is 2.24. The molecule has 1 aromatic rings. The predicted octanol–water partition coefficient (Wildman–Crippen LogP) is -0.587. The van der Waals surface area contributed by atoms with Gasteiger partial charge in [-0.25, -0.2) is 17.2 Å². The number of hydrogen-bond acceptors (Lipinski definition) is 4. The van der Waals surface area contributed by atoms with Crippen LogP contribution in [0, 0.1) is 11.6 Å². The molecule has 20 heavy (non-hydrogen) atoms. The van der Waals surface area contributed by atoms with Crippen molar-refractivity contribution in [2.45, 2.75) is 10.9 Å². The SMILES string of the molecule is NC(=O)C1CNCCN1S(=O)(=O)c1c(F)cccc1F. The number of nitrogens with two attached hydrogens (primary N) is 1. The van der Waals surface area contributed by atoms with Crippen molar-refractivity contribution >= 4 is 15.9 Å². The van der Waals surface area contributed by atoms with Crippen LogP contribution in [0.5, 0.6) is 0 Å². The number of halogens is 2. The van der Waals surface area contributed by atoms with Gasteiger partial charge in [-0.05, 0) is 12.1 Å². The Kier molecular flexibility index (Phi) is 4.02. The van der Waals surface area contributed by atoms with Crippen molar-refractivity contribution in [2.24, 2.45) is 5.73 Å². The van der Waals surface area contributed by atoms with Crippen LogP contribution in [0.4, 0.5) is 8.78 Å². The molecule has 1 aliphatic rings. The minimum absolute atomic E-state index is 0.00460. The Balaban J connectivity index is 2.51. The number of carbonyl (C=O) groups excluding carboxylic acids is 1. The summed E-state index contributed by atoms with van der Waals surface area (Å²) in [6.45, 7) is 0.174. The Hall–Kier alpha value is -1.58. The van der Waals surface area contributed by atoms with E-state index in [2.05, 4.69) is 5.32 Å². The highest BCUT2D eigenvalue weighted by molar-refractivity contribution is 7.89. The van der Waals surface area contributed by atoms with E-state index < -0.39 is 38.5 Å². The van der Waals surface area contributed by atoms with Crippen LogP contribution in [-0.4, -0.2) is 44.3 Å². The lowest BCUT2D eigenvalue weighted by Crippen LogP contribution is -2.58. The molecule has 1 aliphatic heterocycles. The lowest BCUT2D eigenvalue weighted by molar-refractivity contribution is -0.122. The summed E-state index contributed by atoms with van der Waals surface area (Å²) >= 11 is 0. The molecule has 1 atom stereocenters. The predicted molar refractivity (Wildman–Crippen MR) is 66.1 cm³/mol. The summed E-state index contributed by atoms with van der Waals surface area (Å²) in [5, 5.41) is 2.80. The summed E-state index contributed by atoms with van der Waals surface area (Å²) in [5.74, 6) is -3.28. The monoisotopic (exact) mass is 305 g/mol. The molecule has 9 heteroatoms. The Morgan fingerprint density at radius 1 is 1.35 bits per heavy atom. The van der Waals surface area contributed by atoms with Gasteiger partial charge in [0, 0.05) is 19.6 Å². The fraction of sp³-hybridized carbons (Fsp3) is 0.364. The van der Waals surface area contributed by atoms with Gasteiger partial charge < -0.3 is 11.1 Å². The van der Waals surface area contributed by atoms with Crippen LogP contribution in [0.15, 0.2) is 23.1 Å². The maximum atomic E-state index is 13.7. The van der Waals surface area contributed by atoms with Crippen molar-refractivity contribution in [1.29, 1.82) is 0 Å². The molecule has 0 aromatic heterocycles. The van der Waals surface area contributed by atoms with Crippen LogP contribution in [0.3, 0.4) is 0 Å². The van der Waals surface area contributed by atoms with E-state index in [0.717, 1.165) is 22.5 Å². The first-order valence-electron chi connectivity index (χ1n) is 5.81. The topological polar surface area (TPSA) is 92.5 Å². The Bertz CT molecular complexity index is 616. The number of primary amides is 1. The maximum absolute atomic E-state index is 13.7. The van der Waals surface area contributed by atoms with Crippen LogP contribution >= 0.6 is 0 Å². The summed E-state index contributed by atoms with van der Waals surface area (Å²) in [7, 11) is -4.48. The number of hydrogen-bond donors (Lipinski definition) is 2. The van der Waals surface area contributed by atoms with Gasteiger partial charge in [-0.15, -0.1) is 0 Å². The fourth-order valence-corrected chi connectivity index (χ4v) is 3.77. The van der Waals surface area contributed by atoms with Crippen molar-refractivity contribution in [3.63, 3.8) is 0 Å². The first kappa shape index (κ1) is 14.8. The number of nitrogens with zero attached hydrogens (tertiary/aromatic N) is 1. The van der Waals surface area contributed by atoms with Gasteiger partial charge in [0.1, 0.15) is 17.7 Å². The van der Waals surface area contributed by atoms with Crippen molar-refractivity contribution in [1.82, 2.24) is 9.62 Å². The summed E-state index contributed by atoms with van der Waals surface area (Å²) in [6, 6.07) is 1.58. The van der Waals surface area contributed by atoms with Gasteiger partial charge in [0.05, 0.1) is 0 Å². The molecule has 0 saturated carbocycles. The van der Waals surface area contributed by atoms with E-state index in [1.807, 2.05) is 0 Å². The molecular formula is C11H13F2N3O3S. The average molecular weight is 305 g/mol. The number of sulfonamides is 1. The second kappa shape index (κ2) is 5.43. The van der Waals surface area contributed by atoms with Crippen molar-refractivity contribution in [2.75, 3.05) is 19.6 Å². The van der Waals surface area contributed by atoms with E-state index in [-0.39, 0.29) is 19.6 Å². The fourth-order valence-electron chi connectivity index (χ4n) is 2.06. The van der Waals surface area contributed by atoms with Gasteiger partial charge in [-0.3, -0.25) is 4.79 Å². The van der Waals surface area contributed by atoms with Crippen LogP contribution < -0.4 is 11.1 Å². The van der Waals surface area contributed by atoms with Gasteiger partial charge >= 0.3 is 0 Å². The molecule has 1 amide bonds. The molecule has 0 bridgehead atoms. The lowest BCUT2D eigenvalue weighted by Gasteiger charge is -2.33. The summed E-state index contributed by atoms with van der Waals surface area (Å²) in [5.41, 5.74) is 5.14. The zero-order valence-corrected chi connectivity index (χ0v) is 11.2. The summed E-state index contributed by atoms with van der Waals surface area (Å²) in [4.78, 5) is 10.2. The first-order valence-corrected chi connectivity index (χ1v) is 7.25. The number of rotatable bonds is 3. The van der Waals surface area contributed by atoms with Crippen LogP contribution in [0.2, 0.25) is 0 Å². The molecule has 110 valence electrons. The average Bonchev–Trinajstić information content (AvgIpc) is 2.38. The van der Waals surface area contributed by atoms with E-state index in [1.165, 1.54) is 0 Å². The second-order valence-electron chi connectivity index (χ2n) is 4.29. The minimum atomic E-state index is -4.48. The van der Waals surface area contributed by atoms with Crippen LogP contribution in [0.1, 0.15) is 0 Å². The number of benzene rings is 1. The van der Waals surface area contributed by atoms with E-state index in [1.54, 1.807) is 0 Å². The number of piperazine rings is 1. The largest absolute Gasteiger partial charge is 0.368 e. The van der Waals surface area contributed by atoms with E-state index >= 15 is 0 Å². The van der Waals surface area contributed by atoms with Crippen molar-refractivity contribution in [3.8, 4) is 0 Å². The molecule has 0 aliphatic carbocycles. The number of carbonyl (C=O) groups is 1. The lowest BCUT2D eigenvalue weighted by atomic mass is 10.2. The Labute approximate surface area is 114 Å². The molecular weight excluding hydrogens is 292 g/mol. The van der Waals surface area contributed by atoms with Crippen molar-refractivity contribution < 1.29 is 22.0 Å². The summed E-state index contributed by atoms with van der Waals surface area (Å²) < 4.78 is 52.7. The third-order valence-corrected chi connectivity index (χ3v) is 4.97. The molecule has 2 rings (SSSR count). The first-order chi connectivity index (χ1) is 9.35. The zero-order valence-electron chi connectivity index (χ0n) is 10.3. The Morgan fingerprint density at radius 3 is 2.50 bits per heavy atom. The summed E-state index contributed by atoms with van der Waals surface area (Å²) in [6.07, 6.45) is 0. The number of amides is 1. The molecule has 3 N–H and O–H groups in total. The molecule has 1 heterocycles. The van der Waals surface area contributed by atoms with E-state index in [9.17, 15) is 22.0 Å². The smallest absolute Gasteiger partial charge is 0.249 e. The van der Waals surface area contributed by atoms with Gasteiger partial charge in [0.25, 0.3) is 0 Å². The van der Waals surface area contributed by atoms with E-state index in [0.29, 0.717) is 0 Å². The second-order valence-corrected chi connectivity index (χ2v) is 6.12. The highest BCUT2D eigenvalue weighted by atomic mass is 32.2. The quantitative estimate of drug-likeness (QED) is 0.781. The van der Waals surface area contributed by atoms with Crippen LogP contribution in [-0.2, 0) is 14.8 Å². The molecule has 1 saturated heterocycles. The highest BCUT2D eigenvalue weighted by Gasteiger charge is 2.39. The van der Waals surface area contributed by atoms with Gasteiger partial charge in [-0.1, -0.05) is 6.07 Å². The third kappa shape index (κ3) is 2.51. The van der Waals surface area contributed by atoms with Gasteiger partial charge in [-0.2, -0.15) is 4.31 Å². The van der Waals surface area contributed by atoms with Crippen LogP contribution in [0.25, 0.3) is 0 Å². The van der Waals surface area contributed by atoms with E-state index in [4.69, 9.17) is 5.73 Å². The molecule has 1 aromatic carbocycles. The number of nitrogens with one attached hydrogen (secondary N) is 1. The molecule has 6 nitrogen and oxygen atoms in total. The zero-order chi connectivity index (χ0) is 14.9. The molecule has 1 unspecified atom stereocenters. The minimum Gasteiger partial charge on any atom is -0.368 e. The third-order valence-electron chi connectivity index (χ3n) is 3.01. The maximum Gasteiger partial charge on any atom is 0.249 e.